The average molecular weight is 298 g/mol. The van der Waals surface area contributed by atoms with Gasteiger partial charge in [0.15, 0.2) is 0 Å². The molecule has 0 spiro atoms. The maximum Gasteiger partial charge on any atom is 0.150 e. The van der Waals surface area contributed by atoms with Crippen LogP contribution in [0.2, 0.25) is 0 Å². The number of alkyl halides is 1. The van der Waals surface area contributed by atoms with Gasteiger partial charge in [0.1, 0.15) is 23.1 Å². The van der Waals surface area contributed by atoms with Crippen molar-refractivity contribution >= 4 is 23.0 Å². The van der Waals surface area contributed by atoms with Gasteiger partial charge in [0.05, 0.1) is 7.11 Å². The monoisotopic (exact) mass is 297 g/mol. The van der Waals surface area contributed by atoms with Crippen LogP contribution in [0.15, 0.2) is 36.4 Å². The first-order chi connectivity index (χ1) is 9.56. The molecule has 0 amide bonds. The first-order valence-electron chi connectivity index (χ1n) is 5.98. The quantitative estimate of drug-likeness (QED) is 0.772. The second-order valence-electron chi connectivity index (χ2n) is 4.30. The summed E-state index contributed by atoms with van der Waals surface area (Å²) >= 11 is 5.59. The van der Waals surface area contributed by atoms with Crippen LogP contribution in [0.1, 0.15) is 5.56 Å². The molecule has 0 aliphatic heterocycles. The van der Waals surface area contributed by atoms with E-state index in [1.165, 1.54) is 17.0 Å². The highest BCUT2D eigenvalue weighted by atomic mass is 35.5. The number of hydrogen-bond donors (Lipinski definition) is 0. The molecule has 0 heterocycles. The molecule has 0 radical (unpaired) electrons. The van der Waals surface area contributed by atoms with Gasteiger partial charge in [-0.2, -0.15) is 0 Å². The molecule has 106 valence electrons. The van der Waals surface area contributed by atoms with E-state index in [1.54, 1.807) is 38.4 Å². The topological polar surface area (TPSA) is 12.5 Å². The molecule has 0 atom stereocenters. The van der Waals surface area contributed by atoms with E-state index >= 15 is 0 Å². The van der Waals surface area contributed by atoms with Gasteiger partial charge in [-0.05, 0) is 42.0 Å². The highest BCUT2D eigenvalue weighted by molar-refractivity contribution is 6.17. The maximum atomic E-state index is 14.0. The van der Waals surface area contributed by atoms with Crippen molar-refractivity contribution in [3.8, 4) is 5.75 Å². The minimum absolute atomic E-state index is 0.0698. The molecule has 5 heteroatoms. The van der Waals surface area contributed by atoms with Crippen LogP contribution >= 0.6 is 11.6 Å². The van der Waals surface area contributed by atoms with Crippen molar-refractivity contribution in [3.63, 3.8) is 0 Å². The summed E-state index contributed by atoms with van der Waals surface area (Å²) in [5.41, 5.74) is 0.958. The number of rotatable bonds is 4. The van der Waals surface area contributed by atoms with Crippen LogP contribution in [0, 0.1) is 11.6 Å². The lowest BCUT2D eigenvalue weighted by molar-refractivity contribution is 0.415. The van der Waals surface area contributed by atoms with Crippen LogP contribution in [-0.4, -0.2) is 14.2 Å². The first-order valence-corrected chi connectivity index (χ1v) is 6.52. The fourth-order valence-corrected chi connectivity index (χ4v) is 2.10. The summed E-state index contributed by atoms with van der Waals surface area (Å²) in [4.78, 5) is 1.45. The Kier molecular flexibility index (Phi) is 4.45. The molecular weight excluding hydrogens is 284 g/mol. The Morgan fingerprint density at radius 3 is 2.10 bits per heavy atom. The van der Waals surface area contributed by atoms with Gasteiger partial charge in [-0.15, -0.1) is 11.6 Å². The maximum absolute atomic E-state index is 14.0. The molecule has 2 nitrogen and oxygen atoms in total. The van der Waals surface area contributed by atoms with E-state index in [-0.39, 0.29) is 11.6 Å². The van der Waals surface area contributed by atoms with E-state index in [0.29, 0.717) is 17.0 Å². The van der Waals surface area contributed by atoms with Crippen LogP contribution in [-0.2, 0) is 5.88 Å². The Bertz CT molecular complexity index is 578. The molecule has 20 heavy (non-hydrogen) atoms. The number of benzene rings is 2. The van der Waals surface area contributed by atoms with Crippen molar-refractivity contribution in [1.29, 1.82) is 0 Å². The zero-order chi connectivity index (χ0) is 14.7. The molecule has 0 saturated heterocycles. The molecule has 0 saturated carbocycles. The van der Waals surface area contributed by atoms with Gasteiger partial charge in [-0.3, -0.25) is 0 Å². The molecule has 0 bridgehead atoms. The van der Waals surface area contributed by atoms with Crippen molar-refractivity contribution in [2.45, 2.75) is 5.88 Å². The van der Waals surface area contributed by atoms with Crippen LogP contribution in [0.25, 0.3) is 0 Å². The third-order valence-corrected chi connectivity index (χ3v) is 3.33. The first kappa shape index (κ1) is 14.6. The van der Waals surface area contributed by atoms with Crippen molar-refractivity contribution in [2.75, 3.05) is 19.1 Å². The summed E-state index contributed by atoms with van der Waals surface area (Å²) in [7, 11) is 3.16. The van der Waals surface area contributed by atoms with Crippen LogP contribution in [0.5, 0.6) is 5.75 Å². The van der Waals surface area contributed by atoms with Gasteiger partial charge in [0.2, 0.25) is 0 Å². The largest absolute Gasteiger partial charge is 0.497 e. The summed E-state index contributed by atoms with van der Waals surface area (Å²) in [5, 5.41) is 0. The second kappa shape index (κ2) is 6.09. The Balaban J connectivity index is 2.39. The van der Waals surface area contributed by atoms with Gasteiger partial charge in [-0.25, -0.2) is 8.78 Å². The van der Waals surface area contributed by atoms with Gasteiger partial charge in [0.25, 0.3) is 0 Å². The van der Waals surface area contributed by atoms with Crippen LogP contribution < -0.4 is 9.64 Å². The minimum Gasteiger partial charge on any atom is -0.497 e. The van der Waals surface area contributed by atoms with Crippen molar-refractivity contribution in [1.82, 2.24) is 0 Å². The minimum atomic E-state index is -0.640. The molecule has 0 aromatic heterocycles. The molecular formula is C15H14ClF2NO. The standard InChI is InChI=1S/C15H14ClF2NO/c1-19(11-3-5-12(20-2)6-4-11)15-13(17)7-10(9-16)8-14(15)18/h3-8H,9H2,1-2H3. The molecule has 0 fully saturated rings. The molecule has 2 aromatic rings. The lowest BCUT2D eigenvalue weighted by atomic mass is 10.1. The summed E-state index contributed by atoms with van der Waals surface area (Å²) < 4.78 is 33.1. The summed E-state index contributed by atoms with van der Waals surface area (Å²) in [6.07, 6.45) is 0. The molecule has 2 rings (SSSR count). The Hall–Kier alpha value is -1.81. The SMILES string of the molecule is COc1ccc(N(C)c2c(F)cc(CCl)cc2F)cc1. The van der Waals surface area contributed by atoms with Gasteiger partial charge in [-0.1, -0.05) is 0 Å². The number of anilines is 2. The average Bonchev–Trinajstić information content (AvgIpc) is 2.46. The van der Waals surface area contributed by atoms with Crippen molar-refractivity contribution in [3.05, 3.63) is 53.6 Å². The predicted octanol–water partition coefficient (Wildman–Crippen LogP) is 4.48. The van der Waals surface area contributed by atoms with E-state index < -0.39 is 11.6 Å². The number of ether oxygens (including phenoxy) is 1. The zero-order valence-corrected chi connectivity index (χ0v) is 11.9. The van der Waals surface area contributed by atoms with E-state index in [4.69, 9.17) is 16.3 Å². The Morgan fingerprint density at radius 2 is 1.65 bits per heavy atom. The van der Waals surface area contributed by atoms with E-state index in [1.807, 2.05) is 0 Å². The van der Waals surface area contributed by atoms with E-state index in [0.717, 1.165) is 0 Å². The van der Waals surface area contributed by atoms with Crippen LogP contribution in [0.4, 0.5) is 20.2 Å². The van der Waals surface area contributed by atoms with Gasteiger partial charge >= 0.3 is 0 Å². The number of methoxy groups -OCH3 is 1. The van der Waals surface area contributed by atoms with Crippen LogP contribution in [0.3, 0.4) is 0 Å². The molecule has 0 aliphatic rings. The Morgan fingerprint density at radius 1 is 1.10 bits per heavy atom. The molecule has 0 unspecified atom stereocenters. The molecule has 0 N–H and O–H groups in total. The smallest absolute Gasteiger partial charge is 0.150 e. The van der Waals surface area contributed by atoms with Gasteiger partial charge in [0, 0.05) is 18.6 Å². The van der Waals surface area contributed by atoms with Crippen molar-refractivity contribution in [2.24, 2.45) is 0 Å². The molecule has 0 aliphatic carbocycles. The zero-order valence-electron chi connectivity index (χ0n) is 11.2. The highest BCUT2D eigenvalue weighted by Crippen LogP contribution is 2.31. The lowest BCUT2D eigenvalue weighted by Crippen LogP contribution is -2.13. The Labute approximate surface area is 121 Å². The molecule has 2 aromatic carbocycles. The summed E-state index contributed by atoms with van der Waals surface area (Å²) in [6, 6.07) is 9.40. The number of halogens is 3. The lowest BCUT2D eigenvalue weighted by Gasteiger charge is -2.21. The van der Waals surface area contributed by atoms with Crippen molar-refractivity contribution < 1.29 is 13.5 Å². The normalized spacial score (nSPS) is 10.4. The highest BCUT2D eigenvalue weighted by Gasteiger charge is 2.16. The number of hydrogen-bond acceptors (Lipinski definition) is 2. The fourth-order valence-electron chi connectivity index (χ4n) is 1.95. The summed E-state index contributed by atoms with van der Waals surface area (Å²) in [5.74, 6) is -0.529. The van der Waals surface area contributed by atoms with Gasteiger partial charge < -0.3 is 9.64 Å². The second-order valence-corrected chi connectivity index (χ2v) is 4.57. The van der Waals surface area contributed by atoms with E-state index in [2.05, 4.69) is 0 Å². The summed E-state index contributed by atoms with van der Waals surface area (Å²) in [6.45, 7) is 0. The number of nitrogens with zero attached hydrogens (tertiary/aromatic N) is 1. The third kappa shape index (κ3) is 2.85. The van der Waals surface area contributed by atoms with E-state index in [9.17, 15) is 8.78 Å². The third-order valence-electron chi connectivity index (χ3n) is 3.03. The predicted molar refractivity (Wildman–Crippen MR) is 77.0 cm³/mol. The fraction of sp³-hybridized carbons (Fsp3) is 0.200.